The average molecular weight is 345 g/mol. The molecule has 1 amide bonds. The molecule has 2 atom stereocenters. The number of rotatable bonds is 6. The third kappa shape index (κ3) is 4.64. The number of carbonyl (C=O) groups excluding carboxylic acids is 1. The van der Waals surface area contributed by atoms with Crippen LogP contribution in [0.3, 0.4) is 0 Å². The second-order valence-corrected chi connectivity index (χ2v) is 5.90. The van der Waals surface area contributed by atoms with Gasteiger partial charge in [-0.2, -0.15) is 0 Å². The summed E-state index contributed by atoms with van der Waals surface area (Å²) < 4.78 is 13.2. The summed E-state index contributed by atoms with van der Waals surface area (Å²) >= 11 is 0. The van der Waals surface area contributed by atoms with Crippen LogP contribution in [0.1, 0.15) is 40.8 Å². The van der Waals surface area contributed by atoms with Gasteiger partial charge in [-0.05, 0) is 48.2 Å². The number of aliphatic hydroxyl groups is 1. The molecule has 5 nitrogen and oxygen atoms in total. The number of hydrogen-bond donors (Lipinski definition) is 3. The van der Waals surface area contributed by atoms with Gasteiger partial charge in [0.2, 0.25) is 5.91 Å². The minimum Gasteiger partial charge on any atom is -0.479 e. The Balaban J connectivity index is 2.13. The van der Waals surface area contributed by atoms with Crippen molar-refractivity contribution in [3.05, 3.63) is 70.5 Å². The summed E-state index contributed by atoms with van der Waals surface area (Å²) in [6.07, 6.45) is -1.58. The molecular formula is C19H20FNO4. The van der Waals surface area contributed by atoms with Gasteiger partial charge >= 0.3 is 5.97 Å². The first-order chi connectivity index (χ1) is 11.8. The number of carboxylic acid groups (broad SMARTS) is 1. The number of nitrogens with one attached hydrogen (secondary N) is 1. The van der Waals surface area contributed by atoms with Gasteiger partial charge in [0, 0.05) is 0 Å². The molecular weight excluding hydrogens is 325 g/mol. The number of carbonyl (C=O) groups is 2. The van der Waals surface area contributed by atoms with Crippen molar-refractivity contribution in [2.24, 2.45) is 0 Å². The van der Waals surface area contributed by atoms with Crippen LogP contribution in [0.15, 0.2) is 42.5 Å². The van der Waals surface area contributed by atoms with Gasteiger partial charge in [0.05, 0.1) is 12.5 Å². The summed E-state index contributed by atoms with van der Waals surface area (Å²) in [5.74, 6) is -2.34. The Morgan fingerprint density at radius 3 is 2.48 bits per heavy atom. The van der Waals surface area contributed by atoms with Gasteiger partial charge in [0.1, 0.15) is 5.82 Å². The van der Waals surface area contributed by atoms with Crippen LogP contribution in [-0.2, 0) is 9.59 Å². The van der Waals surface area contributed by atoms with E-state index in [4.69, 9.17) is 0 Å². The zero-order valence-electron chi connectivity index (χ0n) is 14.0. The Bertz CT molecular complexity index is 791. The molecule has 2 unspecified atom stereocenters. The van der Waals surface area contributed by atoms with Crippen LogP contribution in [0.4, 0.5) is 4.39 Å². The van der Waals surface area contributed by atoms with Crippen LogP contribution in [-0.4, -0.2) is 22.1 Å². The summed E-state index contributed by atoms with van der Waals surface area (Å²) in [6.45, 7) is 3.64. The number of amides is 1. The van der Waals surface area contributed by atoms with E-state index in [2.05, 4.69) is 5.32 Å². The summed E-state index contributed by atoms with van der Waals surface area (Å²) in [4.78, 5) is 23.7. The van der Waals surface area contributed by atoms with Gasteiger partial charge in [-0.25, -0.2) is 9.18 Å². The molecule has 0 radical (unpaired) electrons. The Labute approximate surface area is 145 Å². The summed E-state index contributed by atoms with van der Waals surface area (Å²) in [7, 11) is 0. The minimum atomic E-state index is -1.22. The lowest BCUT2D eigenvalue weighted by Crippen LogP contribution is -2.35. The number of hydrogen-bond acceptors (Lipinski definition) is 3. The van der Waals surface area contributed by atoms with Crippen molar-refractivity contribution in [2.75, 3.05) is 0 Å². The topological polar surface area (TPSA) is 86.6 Å². The highest BCUT2D eigenvalue weighted by Gasteiger charge is 2.25. The molecule has 2 aromatic carbocycles. The van der Waals surface area contributed by atoms with Gasteiger partial charge in [0.25, 0.3) is 0 Å². The van der Waals surface area contributed by atoms with Crippen molar-refractivity contribution in [2.45, 2.75) is 32.4 Å². The molecule has 0 fully saturated rings. The first-order valence-corrected chi connectivity index (χ1v) is 7.81. The Hall–Kier alpha value is -2.73. The highest BCUT2D eigenvalue weighted by Crippen LogP contribution is 2.22. The van der Waals surface area contributed by atoms with E-state index in [0.29, 0.717) is 5.56 Å². The standard InChI is InChI=1S/C19H20FNO4/c1-11-5-3-8-15(12(11)2)18(19(24)25)21-17(23)10-16(22)13-6-4-7-14(20)9-13/h3-9,16,18,22H,10H2,1-2H3,(H,21,23)(H,24,25). The second-order valence-electron chi connectivity index (χ2n) is 5.90. The number of aryl methyl sites for hydroxylation is 1. The highest BCUT2D eigenvalue weighted by molar-refractivity contribution is 5.85. The van der Waals surface area contributed by atoms with Crippen molar-refractivity contribution in [3.8, 4) is 0 Å². The summed E-state index contributed by atoms with van der Waals surface area (Å²) in [5.41, 5.74) is 2.44. The molecule has 6 heteroatoms. The zero-order chi connectivity index (χ0) is 18.6. The monoisotopic (exact) mass is 345 g/mol. The van der Waals surface area contributed by atoms with Gasteiger partial charge in [-0.3, -0.25) is 4.79 Å². The molecule has 0 aliphatic rings. The predicted molar refractivity (Wildman–Crippen MR) is 90.4 cm³/mol. The molecule has 0 aliphatic heterocycles. The molecule has 0 saturated carbocycles. The first-order valence-electron chi connectivity index (χ1n) is 7.81. The third-order valence-corrected chi connectivity index (χ3v) is 4.12. The molecule has 0 aliphatic carbocycles. The quantitative estimate of drug-likeness (QED) is 0.751. The average Bonchev–Trinajstić information content (AvgIpc) is 2.55. The van der Waals surface area contributed by atoms with Crippen LogP contribution in [0.2, 0.25) is 0 Å². The molecule has 0 heterocycles. The predicted octanol–water partition coefficient (Wildman–Crippen LogP) is 2.81. The Morgan fingerprint density at radius 1 is 1.16 bits per heavy atom. The van der Waals surface area contributed by atoms with Crippen molar-refractivity contribution < 1.29 is 24.2 Å². The maximum atomic E-state index is 13.2. The largest absolute Gasteiger partial charge is 0.479 e. The molecule has 0 spiro atoms. The van der Waals surface area contributed by atoms with E-state index in [9.17, 15) is 24.2 Å². The van der Waals surface area contributed by atoms with E-state index in [-0.39, 0.29) is 12.0 Å². The minimum absolute atomic E-state index is 0.258. The van der Waals surface area contributed by atoms with Crippen LogP contribution in [0.25, 0.3) is 0 Å². The Morgan fingerprint density at radius 2 is 1.84 bits per heavy atom. The van der Waals surface area contributed by atoms with E-state index in [1.807, 2.05) is 13.0 Å². The van der Waals surface area contributed by atoms with E-state index in [1.165, 1.54) is 18.2 Å². The second kappa shape index (κ2) is 7.90. The molecule has 2 aromatic rings. The number of aliphatic carboxylic acids is 1. The van der Waals surface area contributed by atoms with Crippen molar-refractivity contribution in [1.29, 1.82) is 0 Å². The van der Waals surface area contributed by atoms with Gasteiger partial charge in [0.15, 0.2) is 6.04 Å². The fourth-order valence-electron chi connectivity index (χ4n) is 2.59. The van der Waals surface area contributed by atoms with Crippen LogP contribution in [0, 0.1) is 19.7 Å². The molecule has 2 rings (SSSR count). The van der Waals surface area contributed by atoms with Crippen molar-refractivity contribution in [1.82, 2.24) is 5.32 Å². The molecule has 0 bridgehead atoms. The normalized spacial score (nSPS) is 13.1. The van der Waals surface area contributed by atoms with E-state index < -0.39 is 29.8 Å². The fraction of sp³-hybridized carbons (Fsp3) is 0.263. The number of aliphatic hydroxyl groups excluding tert-OH is 1. The molecule has 3 N–H and O–H groups in total. The highest BCUT2D eigenvalue weighted by atomic mass is 19.1. The van der Waals surface area contributed by atoms with Gasteiger partial charge in [-0.15, -0.1) is 0 Å². The van der Waals surface area contributed by atoms with Crippen LogP contribution >= 0.6 is 0 Å². The molecule has 132 valence electrons. The van der Waals surface area contributed by atoms with Crippen LogP contribution in [0.5, 0.6) is 0 Å². The summed E-state index contributed by atoms with van der Waals surface area (Å²) in [5, 5.41) is 21.9. The Kier molecular flexibility index (Phi) is 5.88. The smallest absolute Gasteiger partial charge is 0.330 e. The van der Waals surface area contributed by atoms with E-state index >= 15 is 0 Å². The van der Waals surface area contributed by atoms with E-state index in [1.54, 1.807) is 19.1 Å². The lowest BCUT2D eigenvalue weighted by Gasteiger charge is -2.19. The van der Waals surface area contributed by atoms with Crippen LogP contribution < -0.4 is 5.32 Å². The lowest BCUT2D eigenvalue weighted by molar-refractivity contribution is -0.142. The molecule has 0 aromatic heterocycles. The van der Waals surface area contributed by atoms with Crippen molar-refractivity contribution in [3.63, 3.8) is 0 Å². The van der Waals surface area contributed by atoms with Crippen molar-refractivity contribution >= 4 is 11.9 Å². The third-order valence-electron chi connectivity index (χ3n) is 4.12. The molecule has 0 saturated heterocycles. The first kappa shape index (κ1) is 18.6. The molecule has 25 heavy (non-hydrogen) atoms. The van der Waals surface area contributed by atoms with Gasteiger partial charge < -0.3 is 15.5 Å². The fourth-order valence-corrected chi connectivity index (χ4v) is 2.59. The number of benzene rings is 2. The SMILES string of the molecule is Cc1cccc(C(NC(=O)CC(O)c2cccc(F)c2)C(=O)O)c1C. The summed E-state index contributed by atoms with van der Waals surface area (Å²) in [6, 6.07) is 9.31. The number of carboxylic acids is 1. The maximum Gasteiger partial charge on any atom is 0.330 e. The zero-order valence-corrected chi connectivity index (χ0v) is 14.0. The van der Waals surface area contributed by atoms with E-state index in [0.717, 1.165) is 17.2 Å². The maximum absolute atomic E-state index is 13.2. The van der Waals surface area contributed by atoms with Gasteiger partial charge in [-0.1, -0.05) is 30.3 Å². The lowest BCUT2D eigenvalue weighted by atomic mass is 9.97. The number of halogens is 1.